The van der Waals surface area contributed by atoms with Gasteiger partial charge in [-0.1, -0.05) is 5.54 Å². The SMILES string of the molecule is [SiH3]C1CC2CC1CC2OCCC1CO1. The van der Waals surface area contributed by atoms with Crippen LogP contribution in [0.4, 0.5) is 0 Å². The molecule has 2 aliphatic carbocycles. The fourth-order valence-corrected chi connectivity index (χ4v) is 4.45. The molecule has 1 heterocycles. The standard InChI is InChI=1S/C11H20O2Si/c14-11-5-7-3-8(11)4-10(7)12-2-1-9-6-13-9/h7-11H,1-6H2,14H3. The lowest BCUT2D eigenvalue weighted by Gasteiger charge is -2.25. The van der Waals surface area contributed by atoms with E-state index in [4.69, 9.17) is 9.47 Å². The van der Waals surface area contributed by atoms with Gasteiger partial charge in [-0.3, -0.25) is 0 Å². The second kappa shape index (κ2) is 3.61. The Morgan fingerprint density at radius 2 is 2.07 bits per heavy atom. The largest absolute Gasteiger partial charge is 0.378 e. The summed E-state index contributed by atoms with van der Waals surface area (Å²) in [6.45, 7) is 1.91. The van der Waals surface area contributed by atoms with Gasteiger partial charge in [0.15, 0.2) is 0 Å². The molecule has 5 atom stereocenters. The van der Waals surface area contributed by atoms with Crippen molar-refractivity contribution in [2.75, 3.05) is 13.2 Å². The van der Waals surface area contributed by atoms with Crippen LogP contribution in [0.3, 0.4) is 0 Å². The maximum Gasteiger partial charge on any atom is 0.0831 e. The van der Waals surface area contributed by atoms with E-state index in [0.717, 1.165) is 37.0 Å². The third-order valence-corrected chi connectivity index (χ3v) is 5.73. The Bertz CT molecular complexity index is 215. The van der Waals surface area contributed by atoms with E-state index in [9.17, 15) is 0 Å². The molecule has 1 saturated heterocycles. The molecule has 0 amide bonds. The van der Waals surface area contributed by atoms with Gasteiger partial charge in [-0.2, -0.15) is 0 Å². The highest BCUT2D eigenvalue weighted by atomic mass is 28.1. The third-order valence-electron chi connectivity index (χ3n) is 4.32. The van der Waals surface area contributed by atoms with Crippen LogP contribution in [0.15, 0.2) is 0 Å². The molecule has 3 heteroatoms. The van der Waals surface area contributed by atoms with Crippen LogP contribution >= 0.6 is 0 Å². The summed E-state index contributed by atoms with van der Waals surface area (Å²) in [5.41, 5.74) is 1.10. The number of fused-ring (bicyclic) bond motifs is 2. The number of rotatable bonds is 4. The minimum atomic E-state index is 0.542. The van der Waals surface area contributed by atoms with Crippen molar-refractivity contribution in [2.24, 2.45) is 11.8 Å². The normalized spacial score (nSPS) is 50.1. The number of epoxide rings is 1. The molecule has 1 aliphatic heterocycles. The first-order chi connectivity index (χ1) is 6.83. The number of hydrogen-bond donors (Lipinski definition) is 0. The second-order valence-electron chi connectivity index (χ2n) is 5.36. The van der Waals surface area contributed by atoms with E-state index in [1.54, 1.807) is 0 Å². The predicted molar refractivity (Wildman–Crippen MR) is 58.6 cm³/mol. The Morgan fingerprint density at radius 3 is 2.64 bits per heavy atom. The molecular weight excluding hydrogens is 192 g/mol. The molecule has 0 aromatic carbocycles. The van der Waals surface area contributed by atoms with Crippen molar-refractivity contribution in [1.82, 2.24) is 0 Å². The van der Waals surface area contributed by atoms with Gasteiger partial charge in [0, 0.05) is 16.8 Å². The quantitative estimate of drug-likeness (QED) is 0.506. The van der Waals surface area contributed by atoms with Crippen molar-refractivity contribution in [3.63, 3.8) is 0 Å². The van der Waals surface area contributed by atoms with Gasteiger partial charge >= 0.3 is 0 Å². The molecule has 2 saturated carbocycles. The fraction of sp³-hybridized carbons (Fsp3) is 1.00. The summed E-state index contributed by atoms with van der Waals surface area (Å²) in [4.78, 5) is 0. The van der Waals surface area contributed by atoms with Crippen LogP contribution in [0.1, 0.15) is 25.7 Å². The van der Waals surface area contributed by atoms with Gasteiger partial charge < -0.3 is 9.47 Å². The van der Waals surface area contributed by atoms with E-state index in [0.29, 0.717) is 12.2 Å². The molecule has 0 radical (unpaired) electrons. The monoisotopic (exact) mass is 212 g/mol. The zero-order chi connectivity index (χ0) is 9.54. The highest BCUT2D eigenvalue weighted by molar-refractivity contribution is 6.12. The van der Waals surface area contributed by atoms with Crippen LogP contribution in [0.5, 0.6) is 0 Å². The van der Waals surface area contributed by atoms with Gasteiger partial charge in [-0.25, -0.2) is 0 Å². The summed E-state index contributed by atoms with van der Waals surface area (Å²) in [6, 6.07) is 0. The first-order valence-corrected chi connectivity index (χ1v) is 7.21. The first-order valence-electron chi connectivity index (χ1n) is 6.06. The fourth-order valence-electron chi connectivity index (χ4n) is 3.30. The van der Waals surface area contributed by atoms with Gasteiger partial charge in [0.2, 0.25) is 0 Å². The predicted octanol–water partition coefficient (Wildman–Crippen LogP) is 0.744. The maximum absolute atomic E-state index is 5.97. The van der Waals surface area contributed by atoms with Crippen molar-refractivity contribution in [3.8, 4) is 0 Å². The van der Waals surface area contributed by atoms with Gasteiger partial charge in [0.1, 0.15) is 0 Å². The Hall–Kier alpha value is 0.137. The van der Waals surface area contributed by atoms with E-state index in [-0.39, 0.29) is 0 Å². The zero-order valence-corrected chi connectivity index (χ0v) is 10.9. The minimum Gasteiger partial charge on any atom is -0.378 e. The molecule has 2 bridgehead atoms. The Kier molecular flexibility index (Phi) is 2.42. The van der Waals surface area contributed by atoms with Crippen LogP contribution in [0.25, 0.3) is 0 Å². The molecule has 14 heavy (non-hydrogen) atoms. The van der Waals surface area contributed by atoms with E-state index in [1.807, 2.05) is 0 Å². The second-order valence-corrected chi connectivity index (χ2v) is 6.84. The zero-order valence-electron chi connectivity index (χ0n) is 8.95. The highest BCUT2D eigenvalue weighted by Crippen LogP contribution is 2.51. The molecule has 5 unspecified atom stereocenters. The Labute approximate surface area is 88.8 Å². The third kappa shape index (κ3) is 1.77. The van der Waals surface area contributed by atoms with Crippen molar-refractivity contribution in [2.45, 2.75) is 43.4 Å². The van der Waals surface area contributed by atoms with Crippen LogP contribution in [0, 0.1) is 11.8 Å². The van der Waals surface area contributed by atoms with E-state index >= 15 is 0 Å². The molecular formula is C11H20O2Si. The Balaban J connectivity index is 1.42. The van der Waals surface area contributed by atoms with Crippen molar-refractivity contribution in [3.05, 3.63) is 0 Å². The molecule has 2 nitrogen and oxygen atoms in total. The summed E-state index contributed by atoms with van der Waals surface area (Å²) in [5, 5.41) is 0. The Morgan fingerprint density at radius 1 is 1.21 bits per heavy atom. The summed E-state index contributed by atoms with van der Waals surface area (Å²) < 4.78 is 11.1. The molecule has 0 spiro atoms. The highest BCUT2D eigenvalue weighted by Gasteiger charge is 2.44. The van der Waals surface area contributed by atoms with Crippen LogP contribution in [-0.4, -0.2) is 35.7 Å². The van der Waals surface area contributed by atoms with Gasteiger partial charge in [0.25, 0.3) is 0 Å². The minimum absolute atomic E-state index is 0.542. The van der Waals surface area contributed by atoms with Crippen molar-refractivity contribution < 1.29 is 9.47 Å². The average Bonchev–Trinajstić information content (AvgIpc) is 2.80. The summed E-state index contributed by atoms with van der Waals surface area (Å²) in [7, 11) is 1.40. The molecule has 3 rings (SSSR count). The van der Waals surface area contributed by atoms with Gasteiger partial charge in [0.05, 0.1) is 18.8 Å². The van der Waals surface area contributed by atoms with Crippen LogP contribution in [-0.2, 0) is 9.47 Å². The van der Waals surface area contributed by atoms with E-state index in [1.165, 1.54) is 29.5 Å². The first kappa shape index (κ1) is 9.37. The molecule has 3 aliphatic rings. The van der Waals surface area contributed by atoms with E-state index < -0.39 is 0 Å². The van der Waals surface area contributed by atoms with Gasteiger partial charge in [-0.15, -0.1) is 0 Å². The van der Waals surface area contributed by atoms with Gasteiger partial charge in [-0.05, 0) is 37.5 Å². The summed E-state index contributed by atoms with van der Waals surface area (Å²) >= 11 is 0. The number of ether oxygens (including phenoxy) is 2. The lowest BCUT2D eigenvalue weighted by molar-refractivity contribution is 0.0132. The van der Waals surface area contributed by atoms with E-state index in [2.05, 4.69) is 0 Å². The lowest BCUT2D eigenvalue weighted by atomic mass is 9.97. The lowest BCUT2D eigenvalue weighted by Crippen LogP contribution is -2.23. The van der Waals surface area contributed by atoms with Crippen LogP contribution < -0.4 is 0 Å². The topological polar surface area (TPSA) is 21.8 Å². The molecule has 0 aromatic heterocycles. The van der Waals surface area contributed by atoms with Crippen molar-refractivity contribution in [1.29, 1.82) is 0 Å². The van der Waals surface area contributed by atoms with Crippen molar-refractivity contribution >= 4 is 10.2 Å². The average molecular weight is 212 g/mol. The smallest absolute Gasteiger partial charge is 0.0831 e. The molecule has 0 aromatic rings. The van der Waals surface area contributed by atoms with Crippen LogP contribution in [0.2, 0.25) is 5.54 Å². The summed E-state index contributed by atoms with van der Waals surface area (Å²) in [5.74, 6) is 1.96. The molecule has 3 fully saturated rings. The molecule has 80 valence electrons. The molecule has 0 N–H and O–H groups in total. The number of hydrogen-bond acceptors (Lipinski definition) is 2. The summed E-state index contributed by atoms with van der Waals surface area (Å²) in [6.07, 6.45) is 6.59. The maximum atomic E-state index is 5.97.